The number of nitrogens with one attached hydrogen (secondary N) is 1. The van der Waals surface area contributed by atoms with Crippen molar-refractivity contribution in [3.05, 3.63) is 54.1 Å². The third-order valence-electron chi connectivity index (χ3n) is 4.46. The summed E-state index contributed by atoms with van der Waals surface area (Å²) in [6.07, 6.45) is 1.08. The van der Waals surface area contributed by atoms with Gasteiger partial charge in [-0.05, 0) is 63.6 Å². The van der Waals surface area contributed by atoms with Crippen LogP contribution in [-0.2, 0) is 14.8 Å². The van der Waals surface area contributed by atoms with Crippen molar-refractivity contribution in [2.45, 2.75) is 39.8 Å². The molecule has 1 N–H and O–H groups in total. The highest BCUT2D eigenvalue weighted by atomic mass is 32.2. The van der Waals surface area contributed by atoms with E-state index < -0.39 is 22.0 Å². The third-order valence-corrected chi connectivity index (χ3v) is 5.70. The van der Waals surface area contributed by atoms with Crippen LogP contribution in [0.3, 0.4) is 0 Å². The highest BCUT2D eigenvalue weighted by Crippen LogP contribution is 2.24. The van der Waals surface area contributed by atoms with Gasteiger partial charge in [0.1, 0.15) is 24.1 Å². The van der Waals surface area contributed by atoms with Gasteiger partial charge in [0.15, 0.2) is 0 Å². The van der Waals surface area contributed by atoms with Crippen molar-refractivity contribution in [1.29, 1.82) is 0 Å². The molecule has 0 bridgehead atoms. The Bertz CT molecular complexity index is 944. The van der Waals surface area contributed by atoms with E-state index in [0.29, 0.717) is 18.0 Å². The molecule has 0 fully saturated rings. The summed E-state index contributed by atoms with van der Waals surface area (Å²) in [7, 11) is -3.68. The first-order valence-electron chi connectivity index (χ1n) is 9.84. The quantitative estimate of drug-likeness (QED) is 0.621. The molecule has 0 unspecified atom stereocenters. The third kappa shape index (κ3) is 6.38. The van der Waals surface area contributed by atoms with Gasteiger partial charge in [-0.15, -0.1) is 0 Å². The topological polar surface area (TPSA) is 84.9 Å². The van der Waals surface area contributed by atoms with E-state index in [9.17, 15) is 13.2 Å². The number of hydrogen-bond donors (Lipinski definition) is 1. The molecule has 0 heterocycles. The Morgan fingerprint density at radius 3 is 2.27 bits per heavy atom. The maximum absolute atomic E-state index is 12.8. The maximum Gasteiger partial charge on any atom is 0.243 e. The highest BCUT2D eigenvalue weighted by Gasteiger charge is 2.29. The van der Waals surface area contributed by atoms with Crippen molar-refractivity contribution in [2.24, 2.45) is 0 Å². The van der Waals surface area contributed by atoms with Gasteiger partial charge < -0.3 is 14.8 Å². The number of amides is 1. The van der Waals surface area contributed by atoms with Crippen LogP contribution in [0.5, 0.6) is 11.5 Å². The molecular weight excluding hydrogens is 404 g/mol. The molecule has 0 spiro atoms. The molecule has 0 radical (unpaired) electrons. The largest absolute Gasteiger partial charge is 0.494 e. The maximum atomic E-state index is 12.8. The van der Waals surface area contributed by atoms with E-state index in [2.05, 4.69) is 5.32 Å². The first-order chi connectivity index (χ1) is 14.1. The molecule has 1 amide bonds. The molecule has 0 saturated carbocycles. The number of carbonyl (C=O) groups is 1. The van der Waals surface area contributed by atoms with E-state index in [1.54, 1.807) is 31.2 Å². The van der Waals surface area contributed by atoms with Crippen LogP contribution in [0, 0.1) is 6.92 Å². The average Bonchev–Trinajstić information content (AvgIpc) is 2.68. The van der Waals surface area contributed by atoms with Crippen LogP contribution in [0.15, 0.2) is 48.5 Å². The standard InChI is InChI=1S/C22H30N2O5S/c1-6-28-20-13-11-19(12-14-20)24(30(5,26)27)18(4)22(25)23-17(3)15-29-21-10-8-7-9-16(21)2/h7-14,17-18H,6,15H2,1-5H3,(H,23,25)/t17-,18+/m0/s1. The number of hydrogen-bond acceptors (Lipinski definition) is 5. The first kappa shape index (κ1) is 23.5. The minimum atomic E-state index is -3.68. The van der Waals surface area contributed by atoms with Gasteiger partial charge >= 0.3 is 0 Å². The van der Waals surface area contributed by atoms with Gasteiger partial charge in [0, 0.05) is 0 Å². The Hall–Kier alpha value is -2.74. The molecule has 164 valence electrons. The van der Waals surface area contributed by atoms with Gasteiger partial charge in [0.05, 0.1) is 24.6 Å². The summed E-state index contributed by atoms with van der Waals surface area (Å²) in [5, 5.41) is 2.83. The van der Waals surface area contributed by atoms with Crippen molar-refractivity contribution >= 4 is 21.6 Å². The molecule has 2 aromatic rings. The van der Waals surface area contributed by atoms with E-state index in [1.807, 2.05) is 45.0 Å². The van der Waals surface area contributed by atoms with E-state index in [1.165, 1.54) is 0 Å². The number of ether oxygens (including phenoxy) is 2. The summed E-state index contributed by atoms with van der Waals surface area (Å²) in [4.78, 5) is 12.8. The Balaban J connectivity index is 2.07. The molecule has 0 aliphatic heterocycles. The molecular formula is C22H30N2O5S. The molecule has 0 saturated heterocycles. The summed E-state index contributed by atoms with van der Waals surface area (Å²) in [6, 6.07) is 13.0. The Morgan fingerprint density at radius 1 is 1.07 bits per heavy atom. The van der Waals surface area contributed by atoms with Crippen LogP contribution in [0.25, 0.3) is 0 Å². The molecule has 8 heteroatoms. The number of anilines is 1. The molecule has 2 aromatic carbocycles. The molecule has 30 heavy (non-hydrogen) atoms. The van der Waals surface area contributed by atoms with Gasteiger partial charge in [-0.3, -0.25) is 9.10 Å². The predicted molar refractivity (Wildman–Crippen MR) is 119 cm³/mol. The molecule has 7 nitrogen and oxygen atoms in total. The Labute approximate surface area is 179 Å². The van der Waals surface area contributed by atoms with Crippen LogP contribution in [-0.4, -0.2) is 45.9 Å². The normalized spacial score (nSPS) is 13.2. The van der Waals surface area contributed by atoms with Crippen molar-refractivity contribution in [2.75, 3.05) is 23.8 Å². The zero-order valence-corrected chi connectivity index (χ0v) is 18.9. The van der Waals surface area contributed by atoms with Crippen molar-refractivity contribution < 1.29 is 22.7 Å². The number of para-hydroxylation sites is 1. The number of aryl methyl sites for hydroxylation is 1. The minimum absolute atomic E-state index is 0.269. The summed E-state index contributed by atoms with van der Waals surface area (Å²) in [6.45, 7) is 7.96. The van der Waals surface area contributed by atoms with Crippen molar-refractivity contribution in [3.63, 3.8) is 0 Å². The van der Waals surface area contributed by atoms with E-state index in [-0.39, 0.29) is 12.6 Å². The number of sulfonamides is 1. The van der Waals surface area contributed by atoms with Crippen LogP contribution < -0.4 is 19.1 Å². The van der Waals surface area contributed by atoms with Crippen LogP contribution >= 0.6 is 0 Å². The number of nitrogens with zero attached hydrogens (tertiary/aromatic N) is 1. The van der Waals surface area contributed by atoms with E-state index in [0.717, 1.165) is 21.9 Å². The summed E-state index contributed by atoms with van der Waals surface area (Å²) in [5.74, 6) is 0.975. The summed E-state index contributed by atoms with van der Waals surface area (Å²) >= 11 is 0. The van der Waals surface area contributed by atoms with Gasteiger partial charge in [-0.25, -0.2) is 8.42 Å². The zero-order chi connectivity index (χ0) is 22.3. The molecule has 2 rings (SSSR count). The van der Waals surface area contributed by atoms with Gasteiger partial charge in [0.25, 0.3) is 0 Å². The fraction of sp³-hybridized carbons (Fsp3) is 0.409. The SMILES string of the molecule is CCOc1ccc(N([C@H](C)C(=O)N[C@@H](C)COc2ccccc2C)S(C)(=O)=O)cc1. The number of rotatable bonds is 10. The smallest absolute Gasteiger partial charge is 0.243 e. The lowest BCUT2D eigenvalue weighted by molar-refractivity contribution is -0.122. The van der Waals surface area contributed by atoms with Gasteiger partial charge in [0.2, 0.25) is 15.9 Å². The lowest BCUT2D eigenvalue weighted by atomic mass is 10.2. The summed E-state index contributed by atoms with van der Waals surface area (Å²) < 4.78 is 37.1. The summed E-state index contributed by atoms with van der Waals surface area (Å²) in [5.41, 5.74) is 1.40. The average molecular weight is 435 g/mol. The lowest BCUT2D eigenvalue weighted by Crippen LogP contribution is -2.50. The van der Waals surface area contributed by atoms with E-state index in [4.69, 9.17) is 9.47 Å². The van der Waals surface area contributed by atoms with Crippen LogP contribution in [0.1, 0.15) is 26.3 Å². The molecule has 2 atom stereocenters. The fourth-order valence-corrected chi connectivity index (χ4v) is 4.18. The lowest BCUT2D eigenvalue weighted by Gasteiger charge is -2.29. The van der Waals surface area contributed by atoms with Crippen molar-refractivity contribution in [3.8, 4) is 11.5 Å². The molecule has 0 aliphatic carbocycles. The minimum Gasteiger partial charge on any atom is -0.494 e. The first-order valence-corrected chi connectivity index (χ1v) is 11.7. The predicted octanol–water partition coefficient (Wildman–Crippen LogP) is 3.13. The van der Waals surface area contributed by atoms with Crippen molar-refractivity contribution in [1.82, 2.24) is 5.32 Å². The fourth-order valence-electron chi connectivity index (χ4n) is 3.00. The highest BCUT2D eigenvalue weighted by molar-refractivity contribution is 7.92. The number of carbonyl (C=O) groups excluding carboxylic acids is 1. The van der Waals surface area contributed by atoms with Gasteiger partial charge in [-0.2, -0.15) is 0 Å². The van der Waals surface area contributed by atoms with Crippen LogP contribution in [0.4, 0.5) is 5.69 Å². The second kappa shape index (κ2) is 10.3. The Morgan fingerprint density at radius 2 is 1.70 bits per heavy atom. The zero-order valence-electron chi connectivity index (χ0n) is 18.1. The van der Waals surface area contributed by atoms with Crippen LogP contribution in [0.2, 0.25) is 0 Å². The van der Waals surface area contributed by atoms with Gasteiger partial charge in [-0.1, -0.05) is 18.2 Å². The monoisotopic (exact) mass is 434 g/mol. The Kier molecular flexibility index (Phi) is 8.11. The molecule has 0 aliphatic rings. The number of benzene rings is 2. The second-order valence-electron chi connectivity index (χ2n) is 7.15. The molecule has 0 aromatic heterocycles. The van der Waals surface area contributed by atoms with E-state index >= 15 is 0 Å². The second-order valence-corrected chi connectivity index (χ2v) is 9.01.